The van der Waals surface area contributed by atoms with Crippen molar-refractivity contribution < 1.29 is 23.9 Å². The number of carbonyl (C=O) groups excluding carboxylic acids is 3. The third kappa shape index (κ3) is 5.95. The Morgan fingerprint density at radius 2 is 2.00 bits per heavy atom. The molecule has 0 aromatic rings. The van der Waals surface area contributed by atoms with E-state index in [4.69, 9.17) is 10.5 Å². The molecule has 0 bridgehead atoms. The Hall–Kier alpha value is -1.63. The Balaban J connectivity index is 3.41. The summed E-state index contributed by atoms with van der Waals surface area (Å²) < 4.78 is 8.86. The molecule has 0 atom stereocenters. The minimum absolute atomic E-state index is 0.103. The highest BCUT2D eigenvalue weighted by atomic mass is 16.5. The molecule has 14 heavy (non-hydrogen) atoms. The van der Waals surface area contributed by atoms with E-state index in [1.807, 2.05) is 0 Å². The number of amides is 2. The second-order valence-electron chi connectivity index (χ2n) is 2.27. The van der Waals surface area contributed by atoms with Crippen molar-refractivity contribution >= 4 is 17.8 Å². The first kappa shape index (κ1) is 12.4. The molecule has 7 heteroatoms. The average molecular weight is 204 g/mol. The van der Waals surface area contributed by atoms with Crippen LogP contribution >= 0.6 is 0 Å². The maximum Gasteiger partial charge on any atom is 0.396 e. The van der Waals surface area contributed by atoms with E-state index < -0.39 is 17.8 Å². The van der Waals surface area contributed by atoms with E-state index in [0.717, 1.165) is 7.11 Å². The van der Waals surface area contributed by atoms with E-state index in [0.29, 0.717) is 0 Å². The molecule has 0 aromatic carbocycles. The van der Waals surface area contributed by atoms with Crippen molar-refractivity contribution in [2.45, 2.75) is 0 Å². The second kappa shape index (κ2) is 6.84. The number of hydrogen-bond donors (Lipinski definition) is 2. The Labute approximate surface area is 80.5 Å². The van der Waals surface area contributed by atoms with E-state index in [1.54, 1.807) is 0 Å². The number of nitrogens with one attached hydrogen (secondary N) is 1. The van der Waals surface area contributed by atoms with E-state index in [9.17, 15) is 14.4 Å². The fraction of sp³-hybridized carbons (Fsp3) is 0.571. The van der Waals surface area contributed by atoms with Gasteiger partial charge in [0.1, 0.15) is 6.61 Å². The highest BCUT2D eigenvalue weighted by molar-refractivity contribution is 6.32. The Morgan fingerprint density at radius 3 is 2.50 bits per heavy atom. The number of carbonyl (C=O) groups is 3. The van der Waals surface area contributed by atoms with Crippen LogP contribution in [0.1, 0.15) is 0 Å². The van der Waals surface area contributed by atoms with Crippen LogP contribution in [0.25, 0.3) is 0 Å². The summed E-state index contributed by atoms with van der Waals surface area (Å²) in [5.41, 5.74) is 4.78. The Kier molecular flexibility index (Phi) is 6.04. The smallest absolute Gasteiger partial charge is 0.396 e. The third-order valence-electron chi connectivity index (χ3n) is 1.15. The summed E-state index contributed by atoms with van der Waals surface area (Å²) in [5.74, 6) is -2.42. The Morgan fingerprint density at radius 1 is 1.36 bits per heavy atom. The lowest BCUT2D eigenvalue weighted by molar-refractivity contribution is -0.152. The summed E-state index contributed by atoms with van der Waals surface area (Å²) >= 11 is 0. The molecular formula is C7H12N2O5. The van der Waals surface area contributed by atoms with Gasteiger partial charge in [0, 0.05) is 6.54 Å². The van der Waals surface area contributed by atoms with Gasteiger partial charge in [0.2, 0.25) is 5.91 Å². The van der Waals surface area contributed by atoms with Crippen LogP contribution in [-0.2, 0) is 23.9 Å². The predicted octanol–water partition coefficient (Wildman–Crippen LogP) is -2.22. The molecule has 7 nitrogen and oxygen atoms in total. The van der Waals surface area contributed by atoms with E-state index in [1.165, 1.54) is 0 Å². The zero-order valence-electron chi connectivity index (χ0n) is 7.74. The van der Waals surface area contributed by atoms with E-state index >= 15 is 0 Å². The highest BCUT2D eigenvalue weighted by Gasteiger charge is 2.11. The van der Waals surface area contributed by atoms with Crippen molar-refractivity contribution in [1.29, 1.82) is 0 Å². The number of hydrogen-bond acceptors (Lipinski definition) is 5. The molecule has 0 radical (unpaired) electrons. The molecule has 0 heterocycles. The molecule has 0 aliphatic rings. The van der Waals surface area contributed by atoms with Gasteiger partial charge < -0.3 is 20.5 Å². The summed E-state index contributed by atoms with van der Waals surface area (Å²) in [4.78, 5) is 31.5. The topological polar surface area (TPSA) is 108 Å². The maximum atomic E-state index is 10.7. The van der Waals surface area contributed by atoms with Crippen LogP contribution in [0.3, 0.4) is 0 Å². The van der Waals surface area contributed by atoms with Crippen molar-refractivity contribution in [3.8, 4) is 0 Å². The standard InChI is InChI=1S/C7H12N2O5/c1-13-7(12)6(11)9-2-3-14-4-5(8)10/h2-4H2,1H3,(H2,8,10)(H,9,11). The molecule has 0 unspecified atom stereocenters. The molecule has 0 spiro atoms. The largest absolute Gasteiger partial charge is 0.462 e. The summed E-state index contributed by atoms with van der Waals surface area (Å²) in [5, 5.41) is 2.22. The number of methoxy groups -OCH3 is 1. The number of ether oxygens (including phenoxy) is 2. The number of nitrogens with two attached hydrogens (primary N) is 1. The zero-order valence-corrected chi connectivity index (χ0v) is 7.74. The molecular weight excluding hydrogens is 192 g/mol. The lowest BCUT2D eigenvalue weighted by Gasteiger charge is -2.03. The van der Waals surface area contributed by atoms with Gasteiger partial charge in [-0.3, -0.25) is 9.59 Å². The lowest BCUT2D eigenvalue weighted by atomic mass is 10.5. The number of rotatable bonds is 5. The van der Waals surface area contributed by atoms with Crippen LogP contribution in [0.5, 0.6) is 0 Å². The van der Waals surface area contributed by atoms with Crippen LogP contribution in [-0.4, -0.2) is 44.7 Å². The van der Waals surface area contributed by atoms with Crippen LogP contribution in [0.2, 0.25) is 0 Å². The SMILES string of the molecule is COC(=O)C(=O)NCCOCC(N)=O. The first-order chi connectivity index (χ1) is 6.57. The third-order valence-corrected chi connectivity index (χ3v) is 1.15. The van der Waals surface area contributed by atoms with Gasteiger partial charge in [-0.1, -0.05) is 0 Å². The summed E-state index contributed by atoms with van der Waals surface area (Å²) in [6.07, 6.45) is 0. The fourth-order valence-electron chi connectivity index (χ4n) is 0.574. The van der Waals surface area contributed by atoms with Gasteiger partial charge in [0.15, 0.2) is 0 Å². The van der Waals surface area contributed by atoms with Gasteiger partial charge in [-0.05, 0) is 0 Å². The van der Waals surface area contributed by atoms with Crippen LogP contribution in [0.4, 0.5) is 0 Å². The van der Waals surface area contributed by atoms with Gasteiger partial charge in [-0.15, -0.1) is 0 Å². The van der Waals surface area contributed by atoms with Crippen molar-refractivity contribution in [3.63, 3.8) is 0 Å². The lowest BCUT2D eigenvalue weighted by Crippen LogP contribution is -2.34. The van der Waals surface area contributed by atoms with Crippen molar-refractivity contribution in [2.75, 3.05) is 26.9 Å². The molecule has 0 aliphatic carbocycles. The molecule has 80 valence electrons. The fourth-order valence-corrected chi connectivity index (χ4v) is 0.574. The molecule has 0 saturated heterocycles. The first-order valence-corrected chi connectivity index (χ1v) is 3.80. The molecule has 0 aromatic heterocycles. The second-order valence-corrected chi connectivity index (χ2v) is 2.27. The van der Waals surface area contributed by atoms with Crippen LogP contribution in [0.15, 0.2) is 0 Å². The van der Waals surface area contributed by atoms with Gasteiger partial charge in [-0.25, -0.2) is 4.79 Å². The van der Waals surface area contributed by atoms with Crippen molar-refractivity contribution in [3.05, 3.63) is 0 Å². The number of esters is 1. The van der Waals surface area contributed by atoms with Gasteiger partial charge in [0.05, 0.1) is 13.7 Å². The predicted molar refractivity (Wildman–Crippen MR) is 45.0 cm³/mol. The molecule has 3 N–H and O–H groups in total. The van der Waals surface area contributed by atoms with Crippen molar-refractivity contribution in [1.82, 2.24) is 5.32 Å². The zero-order chi connectivity index (χ0) is 11.0. The maximum absolute atomic E-state index is 10.7. The molecule has 0 fully saturated rings. The van der Waals surface area contributed by atoms with Gasteiger partial charge in [-0.2, -0.15) is 0 Å². The first-order valence-electron chi connectivity index (χ1n) is 3.80. The summed E-state index contributed by atoms with van der Waals surface area (Å²) in [7, 11) is 1.10. The van der Waals surface area contributed by atoms with Crippen LogP contribution < -0.4 is 11.1 Å². The van der Waals surface area contributed by atoms with Gasteiger partial charge in [0.25, 0.3) is 0 Å². The molecule has 2 amide bonds. The normalized spacial score (nSPS) is 9.21. The minimum Gasteiger partial charge on any atom is -0.462 e. The average Bonchev–Trinajstić information content (AvgIpc) is 2.15. The Bertz CT molecular complexity index is 228. The highest BCUT2D eigenvalue weighted by Crippen LogP contribution is 1.75. The molecule has 0 saturated carbocycles. The van der Waals surface area contributed by atoms with E-state index in [2.05, 4.69) is 10.1 Å². The van der Waals surface area contributed by atoms with Gasteiger partial charge >= 0.3 is 11.9 Å². The minimum atomic E-state index is -0.972. The summed E-state index contributed by atoms with van der Waals surface area (Å²) in [6.45, 7) is 0.000975. The molecule has 0 rings (SSSR count). The number of primary amides is 1. The van der Waals surface area contributed by atoms with E-state index in [-0.39, 0.29) is 19.8 Å². The van der Waals surface area contributed by atoms with Crippen LogP contribution in [0, 0.1) is 0 Å². The quantitative estimate of drug-likeness (QED) is 0.299. The monoisotopic (exact) mass is 204 g/mol. The summed E-state index contributed by atoms with van der Waals surface area (Å²) in [6, 6.07) is 0. The molecule has 0 aliphatic heterocycles. The van der Waals surface area contributed by atoms with Crippen molar-refractivity contribution in [2.24, 2.45) is 5.73 Å².